The molecule has 0 saturated carbocycles. The minimum atomic E-state index is -4.29. The van der Waals surface area contributed by atoms with Crippen LogP contribution in [-0.4, -0.2) is 47.0 Å². The van der Waals surface area contributed by atoms with Crippen molar-refractivity contribution in [1.29, 1.82) is 0 Å². The molecular weight excluding hydrogens is 317 g/mol. The van der Waals surface area contributed by atoms with Crippen LogP contribution < -0.4 is 5.32 Å². The highest BCUT2D eigenvalue weighted by molar-refractivity contribution is 8.55. The summed E-state index contributed by atoms with van der Waals surface area (Å²) >= 11 is 0.420. The highest BCUT2D eigenvalue weighted by Gasteiger charge is 2.28. The summed E-state index contributed by atoms with van der Waals surface area (Å²) < 4.78 is 21.7. The Bertz CT molecular complexity index is 358. The maximum atomic E-state index is 12.1. The van der Waals surface area contributed by atoms with Gasteiger partial charge in [-0.3, -0.25) is 4.79 Å². The number of hydrogen-bond donors (Lipinski definition) is 3. The first-order chi connectivity index (χ1) is 9.92. The number of amides is 1. The quantitative estimate of drug-likeness (QED) is 0.432. The maximum Gasteiger partial charge on any atom is 0.384 e. The molecule has 1 atom stereocenters. The van der Waals surface area contributed by atoms with Crippen LogP contribution in [0.15, 0.2) is 0 Å². The van der Waals surface area contributed by atoms with E-state index < -0.39 is 18.3 Å². The number of carbonyl (C=O) groups is 1. The lowest BCUT2D eigenvalue weighted by Crippen LogP contribution is -2.41. The van der Waals surface area contributed by atoms with Gasteiger partial charge in [-0.2, -0.15) is 0 Å². The molecule has 3 N–H and O–H groups in total. The monoisotopic (exact) mass is 341 g/mol. The van der Waals surface area contributed by atoms with E-state index in [4.69, 9.17) is 19.3 Å². The van der Waals surface area contributed by atoms with Gasteiger partial charge in [0, 0.05) is 0 Å². The van der Waals surface area contributed by atoms with Crippen LogP contribution in [0.4, 0.5) is 0 Å². The van der Waals surface area contributed by atoms with Gasteiger partial charge in [-0.25, -0.2) is 4.57 Å². The van der Waals surface area contributed by atoms with E-state index in [1.165, 1.54) is 0 Å². The Hall–Kier alpha value is -0.110. The second-order valence-electron chi connectivity index (χ2n) is 4.85. The van der Waals surface area contributed by atoms with E-state index in [0.717, 1.165) is 25.7 Å². The van der Waals surface area contributed by atoms with Gasteiger partial charge in [0.2, 0.25) is 5.91 Å². The second-order valence-corrected chi connectivity index (χ2v) is 8.67. The molecule has 1 fully saturated rings. The molecular formula is C12H24NO6PS. The Balaban J connectivity index is 2.42. The molecule has 0 aromatic heterocycles. The van der Waals surface area contributed by atoms with Gasteiger partial charge < -0.3 is 24.6 Å². The molecule has 21 heavy (non-hydrogen) atoms. The Morgan fingerprint density at radius 2 is 2.05 bits per heavy atom. The van der Waals surface area contributed by atoms with Crippen molar-refractivity contribution in [2.24, 2.45) is 0 Å². The fourth-order valence-electron chi connectivity index (χ4n) is 1.93. The Morgan fingerprint density at radius 1 is 1.38 bits per heavy atom. The molecule has 1 amide bonds. The Kier molecular flexibility index (Phi) is 8.85. The molecule has 1 aliphatic rings. The lowest BCUT2D eigenvalue weighted by molar-refractivity contribution is -0.176. The molecule has 0 bridgehead atoms. The molecule has 1 rings (SSSR count). The minimum Gasteiger partial charge on any atom is -0.351 e. The van der Waals surface area contributed by atoms with Crippen LogP contribution in [0.25, 0.3) is 0 Å². The molecule has 0 aromatic rings. The van der Waals surface area contributed by atoms with E-state index in [1.54, 1.807) is 0 Å². The summed E-state index contributed by atoms with van der Waals surface area (Å²) in [5.74, 6) is -0.378. The Morgan fingerprint density at radius 3 is 2.62 bits per heavy atom. The predicted octanol–water partition coefficient (Wildman–Crippen LogP) is 1.64. The SMILES string of the molecule is CCCCCC(SP(=O)(O)O)C(=O)NCC1OCCCO1. The summed E-state index contributed by atoms with van der Waals surface area (Å²) in [6, 6.07) is 0. The molecule has 1 aliphatic heterocycles. The number of ether oxygens (including phenoxy) is 2. The summed E-state index contributed by atoms with van der Waals surface area (Å²) in [6.07, 6.45) is 3.48. The van der Waals surface area contributed by atoms with Crippen molar-refractivity contribution in [1.82, 2.24) is 5.32 Å². The highest BCUT2D eigenvalue weighted by atomic mass is 32.7. The number of nitrogens with one attached hydrogen (secondary N) is 1. The topological polar surface area (TPSA) is 105 Å². The molecule has 1 unspecified atom stereocenters. The molecule has 0 aromatic carbocycles. The Labute approximate surface area is 129 Å². The molecule has 1 saturated heterocycles. The van der Waals surface area contributed by atoms with Crippen LogP contribution in [-0.2, 0) is 18.8 Å². The van der Waals surface area contributed by atoms with Gasteiger partial charge in [0.15, 0.2) is 6.29 Å². The van der Waals surface area contributed by atoms with Crippen molar-refractivity contribution in [3.63, 3.8) is 0 Å². The van der Waals surface area contributed by atoms with E-state index in [9.17, 15) is 9.36 Å². The largest absolute Gasteiger partial charge is 0.384 e. The van der Waals surface area contributed by atoms with Crippen molar-refractivity contribution in [2.75, 3.05) is 19.8 Å². The lowest BCUT2D eigenvalue weighted by atomic mass is 10.1. The van der Waals surface area contributed by atoms with Crippen LogP contribution in [0.1, 0.15) is 39.0 Å². The predicted molar refractivity (Wildman–Crippen MR) is 80.9 cm³/mol. The molecule has 0 spiro atoms. The summed E-state index contributed by atoms with van der Waals surface area (Å²) in [5, 5.41) is 1.90. The normalized spacial score (nSPS) is 18.4. The van der Waals surface area contributed by atoms with Gasteiger partial charge in [0.25, 0.3) is 0 Å². The average molecular weight is 341 g/mol. The first-order valence-corrected chi connectivity index (χ1v) is 10.3. The van der Waals surface area contributed by atoms with Crippen LogP contribution in [0.2, 0.25) is 0 Å². The number of carbonyl (C=O) groups excluding carboxylic acids is 1. The fourth-order valence-corrected chi connectivity index (χ4v) is 4.31. The third kappa shape index (κ3) is 8.80. The second kappa shape index (κ2) is 9.82. The van der Waals surface area contributed by atoms with Crippen molar-refractivity contribution < 1.29 is 28.6 Å². The van der Waals surface area contributed by atoms with Gasteiger partial charge in [0.1, 0.15) is 0 Å². The molecule has 1 heterocycles. The number of unbranched alkanes of at least 4 members (excludes halogenated alkanes) is 2. The van der Waals surface area contributed by atoms with Gasteiger partial charge in [-0.05, 0) is 24.2 Å². The summed E-state index contributed by atoms with van der Waals surface area (Å²) in [6.45, 7) is -0.867. The van der Waals surface area contributed by atoms with Crippen LogP contribution in [0.5, 0.6) is 0 Å². The molecule has 124 valence electrons. The highest BCUT2D eigenvalue weighted by Crippen LogP contribution is 2.53. The minimum absolute atomic E-state index is 0.199. The summed E-state index contributed by atoms with van der Waals surface area (Å²) in [7, 11) is 0. The summed E-state index contributed by atoms with van der Waals surface area (Å²) in [4.78, 5) is 30.2. The van der Waals surface area contributed by atoms with Gasteiger partial charge in [0.05, 0.1) is 25.0 Å². The zero-order chi connectivity index (χ0) is 15.7. The number of rotatable bonds is 9. The first kappa shape index (κ1) is 18.9. The van der Waals surface area contributed by atoms with Crippen LogP contribution >= 0.6 is 18.2 Å². The van der Waals surface area contributed by atoms with Gasteiger partial charge in [-0.15, -0.1) is 0 Å². The van der Waals surface area contributed by atoms with E-state index >= 15 is 0 Å². The first-order valence-electron chi connectivity index (χ1n) is 7.17. The number of hydrogen-bond acceptors (Lipinski definition) is 5. The van der Waals surface area contributed by atoms with E-state index in [1.807, 2.05) is 6.92 Å². The fraction of sp³-hybridized carbons (Fsp3) is 0.917. The van der Waals surface area contributed by atoms with E-state index in [0.29, 0.717) is 31.0 Å². The van der Waals surface area contributed by atoms with Crippen molar-refractivity contribution in [3.8, 4) is 0 Å². The third-order valence-electron chi connectivity index (χ3n) is 2.97. The van der Waals surface area contributed by atoms with Crippen molar-refractivity contribution >= 4 is 24.1 Å². The zero-order valence-electron chi connectivity index (χ0n) is 12.2. The molecule has 0 radical (unpaired) electrons. The summed E-state index contributed by atoms with van der Waals surface area (Å²) in [5.41, 5.74) is 0. The molecule has 0 aliphatic carbocycles. The lowest BCUT2D eigenvalue weighted by Gasteiger charge is -2.24. The van der Waals surface area contributed by atoms with Gasteiger partial charge >= 0.3 is 6.80 Å². The smallest absolute Gasteiger partial charge is 0.351 e. The standard InChI is InChI=1S/C12H24NO6PS/c1-2-3-4-6-10(21-20(15,16)17)12(14)13-9-11-18-7-5-8-19-11/h10-11H,2-9H2,1H3,(H,13,14)(H2,15,16,17). The van der Waals surface area contributed by atoms with Crippen LogP contribution in [0, 0.1) is 0 Å². The maximum absolute atomic E-state index is 12.1. The third-order valence-corrected chi connectivity index (χ3v) is 5.53. The molecule has 9 heteroatoms. The van der Waals surface area contributed by atoms with E-state index in [-0.39, 0.29) is 12.5 Å². The van der Waals surface area contributed by atoms with Crippen molar-refractivity contribution in [2.45, 2.75) is 50.6 Å². The van der Waals surface area contributed by atoms with Crippen molar-refractivity contribution in [3.05, 3.63) is 0 Å². The zero-order valence-corrected chi connectivity index (χ0v) is 13.9. The molecule has 7 nitrogen and oxygen atoms in total. The van der Waals surface area contributed by atoms with Crippen LogP contribution in [0.3, 0.4) is 0 Å². The van der Waals surface area contributed by atoms with E-state index in [2.05, 4.69) is 5.32 Å². The van der Waals surface area contributed by atoms with Gasteiger partial charge in [-0.1, -0.05) is 26.2 Å². The average Bonchev–Trinajstić information content (AvgIpc) is 2.44.